The van der Waals surface area contributed by atoms with Gasteiger partial charge < -0.3 is 14.9 Å². The number of nitrogens with one attached hydrogen (secondary N) is 1. The Kier molecular flexibility index (Phi) is 4.25. The molecule has 0 radical (unpaired) electrons. The average Bonchev–Trinajstić information content (AvgIpc) is 2.62. The first-order valence-corrected chi connectivity index (χ1v) is 7.92. The summed E-state index contributed by atoms with van der Waals surface area (Å²) in [5.41, 5.74) is -0.341. The second-order valence-electron chi connectivity index (χ2n) is 5.18. The summed E-state index contributed by atoms with van der Waals surface area (Å²) in [5.74, 6) is 1.09. The lowest BCUT2D eigenvalue weighted by Crippen LogP contribution is -2.58. The van der Waals surface area contributed by atoms with Crippen LogP contribution < -0.4 is 5.32 Å². The molecule has 2 aliphatic heterocycles. The van der Waals surface area contributed by atoms with Crippen molar-refractivity contribution in [3.8, 4) is 0 Å². The largest absolute Gasteiger partial charge is 0.465 e. The van der Waals surface area contributed by atoms with Gasteiger partial charge in [-0.3, -0.25) is 10.1 Å². The van der Waals surface area contributed by atoms with Crippen LogP contribution in [-0.2, 0) is 4.79 Å². The maximum Gasteiger partial charge on any atom is 0.407 e. The van der Waals surface area contributed by atoms with Gasteiger partial charge in [0.15, 0.2) is 0 Å². The molecule has 6 nitrogen and oxygen atoms in total. The van der Waals surface area contributed by atoms with E-state index in [1.807, 2.05) is 13.3 Å². The van der Waals surface area contributed by atoms with Crippen LogP contribution in [0.25, 0.3) is 0 Å². The summed E-state index contributed by atoms with van der Waals surface area (Å²) in [4.78, 5) is 26.4. The number of hydrogen-bond acceptors (Lipinski definition) is 4. The molecule has 0 aromatic rings. The number of carbonyl (C=O) groups excluding carboxylic acids is 1. The van der Waals surface area contributed by atoms with Gasteiger partial charge in [-0.05, 0) is 18.4 Å². The molecule has 108 valence electrons. The minimum atomic E-state index is -0.874. The van der Waals surface area contributed by atoms with E-state index < -0.39 is 6.09 Å². The van der Waals surface area contributed by atoms with E-state index in [0.29, 0.717) is 25.9 Å². The summed E-state index contributed by atoms with van der Waals surface area (Å²) < 4.78 is 0. The van der Waals surface area contributed by atoms with Gasteiger partial charge in [-0.2, -0.15) is 11.8 Å². The summed E-state index contributed by atoms with van der Waals surface area (Å²) in [6.07, 6.45) is 3.31. The molecule has 0 aromatic carbocycles. The standard InChI is InChI=1S/C12H21N3O3S/c1-14-10(16)9(3-8-19-2)13-12(14)4-6-15(7-5-12)11(17)18/h9,13H,3-8H2,1-2H3,(H,17,18). The van der Waals surface area contributed by atoms with Crippen LogP contribution in [0.5, 0.6) is 0 Å². The van der Waals surface area contributed by atoms with Gasteiger partial charge in [0.1, 0.15) is 0 Å². The minimum Gasteiger partial charge on any atom is -0.465 e. The van der Waals surface area contributed by atoms with E-state index in [4.69, 9.17) is 5.11 Å². The number of hydrogen-bond donors (Lipinski definition) is 2. The molecule has 0 aromatic heterocycles. The first-order chi connectivity index (χ1) is 9.00. The quantitative estimate of drug-likeness (QED) is 0.797. The fraction of sp³-hybridized carbons (Fsp3) is 0.833. The Bertz CT molecular complexity index is 369. The van der Waals surface area contributed by atoms with Crippen molar-refractivity contribution in [2.45, 2.75) is 31.0 Å². The predicted octanol–water partition coefficient (Wildman–Crippen LogP) is 0.640. The molecule has 2 heterocycles. The first kappa shape index (κ1) is 14.5. The fourth-order valence-electron chi connectivity index (χ4n) is 2.91. The lowest BCUT2D eigenvalue weighted by Gasteiger charge is -2.42. The van der Waals surface area contributed by atoms with Crippen LogP contribution in [0.15, 0.2) is 0 Å². The van der Waals surface area contributed by atoms with Crippen molar-refractivity contribution in [2.24, 2.45) is 0 Å². The second-order valence-corrected chi connectivity index (χ2v) is 6.16. The lowest BCUT2D eigenvalue weighted by molar-refractivity contribution is -0.131. The van der Waals surface area contributed by atoms with Crippen LogP contribution in [0.1, 0.15) is 19.3 Å². The third-order valence-corrected chi connectivity index (χ3v) is 4.83. The van der Waals surface area contributed by atoms with E-state index in [2.05, 4.69) is 5.32 Å². The average molecular weight is 287 g/mol. The molecule has 2 N–H and O–H groups in total. The number of rotatable bonds is 3. The van der Waals surface area contributed by atoms with Crippen molar-refractivity contribution in [1.29, 1.82) is 0 Å². The van der Waals surface area contributed by atoms with Crippen molar-refractivity contribution in [2.75, 3.05) is 32.1 Å². The highest BCUT2D eigenvalue weighted by molar-refractivity contribution is 7.98. The maximum absolute atomic E-state index is 12.2. The zero-order valence-electron chi connectivity index (χ0n) is 11.4. The zero-order chi connectivity index (χ0) is 14.0. The topological polar surface area (TPSA) is 72.9 Å². The Morgan fingerprint density at radius 2 is 2.16 bits per heavy atom. The van der Waals surface area contributed by atoms with E-state index in [1.165, 1.54) is 4.90 Å². The normalized spacial score (nSPS) is 26.2. The minimum absolute atomic E-state index is 0.117. The smallest absolute Gasteiger partial charge is 0.407 e. The SMILES string of the molecule is CSCCC1NC2(CCN(C(=O)O)CC2)N(C)C1=O. The molecule has 1 spiro atoms. The van der Waals surface area contributed by atoms with Gasteiger partial charge in [0.2, 0.25) is 5.91 Å². The number of amides is 2. The first-order valence-electron chi connectivity index (χ1n) is 6.52. The van der Waals surface area contributed by atoms with Crippen molar-refractivity contribution in [3.63, 3.8) is 0 Å². The molecule has 0 saturated carbocycles. The number of carbonyl (C=O) groups is 2. The number of piperidine rings is 1. The monoisotopic (exact) mass is 287 g/mol. The Balaban J connectivity index is 2.01. The van der Waals surface area contributed by atoms with E-state index in [0.717, 1.165) is 12.2 Å². The molecule has 2 saturated heterocycles. The van der Waals surface area contributed by atoms with Crippen LogP contribution in [-0.4, -0.2) is 70.8 Å². The molecule has 0 bridgehead atoms. The van der Waals surface area contributed by atoms with Crippen LogP contribution >= 0.6 is 11.8 Å². The molecule has 2 aliphatic rings. The molecule has 0 aliphatic carbocycles. The molecule has 7 heteroatoms. The second kappa shape index (κ2) is 5.58. The highest BCUT2D eigenvalue weighted by Crippen LogP contribution is 2.32. The van der Waals surface area contributed by atoms with E-state index >= 15 is 0 Å². The maximum atomic E-state index is 12.2. The Morgan fingerprint density at radius 1 is 1.53 bits per heavy atom. The summed E-state index contributed by atoms with van der Waals surface area (Å²) >= 11 is 1.73. The van der Waals surface area contributed by atoms with Crippen molar-refractivity contribution < 1.29 is 14.7 Å². The lowest BCUT2D eigenvalue weighted by atomic mass is 9.96. The number of thioether (sulfide) groups is 1. The molecule has 19 heavy (non-hydrogen) atoms. The van der Waals surface area contributed by atoms with Gasteiger partial charge in [0, 0.05) is 33.0 Å². The van der Waals surface area contributed by atoms with Crippen LogP contribution in [0.2, 0.25) is 0 Å². The molecular weight excluding hydrogens is 266 g/mol. The van der Waals surface area contributed by atoms with Crippen LogP contribution in [0.3, 0.4) is 0 Å². The Labute approximate surface area is 117 Å². The zero-order valence-corrected chi connectivity index (χ0v) is 12.2. The van der Waals surface area contributed by atoms with E-state index in [9.17, 15) is 9.59 Å². The Morgan fingerprint density at radius 3 is 2.68 bits per heavy atom. The molecule has 2 fully saturated rings. The van der Waals surface area contributed by atoms with Gasteiger partial charge in [-0.1, -0.05) is 0 Å². The number of nitrogens with zero attached hydrogens (tertiary/aromatic N) is 2. The van der Waals surface area contributed by atoms with Gasteiger partial charge in [0.25, 0.3) is 0 Å². The summed E-state index contributed by atoms with van der Waals surface area (Å²) in [5, 5.41) is 12.4. The highest BCUT2D eigenvalue weighted by Gasteiger charge is 2.49. The van der Waals surface area contributed by atoms with Crippen LogP contribution in [0.4, 0.5) is 4.79 Å². The van der Waals surface area contributed by atoms with Gasteiger partial charge in [-0.15, -0.1) is 0 Å². The van der Waals surface area contributed by atoms with Crippen LogP contribution in [0, 0.1) is 0 Å². The summed E-state index contributed by atoms with van der Waals surface area (Å²) in [7, 11) is 1.82. The third-order valence-electron chi connectivity index (χ3n) is 4.19. The van der Waals surface area contributed by atoms with Crippen molar-refractivity contribution in [1.82, 2.24) is 15.1 Å². The number of carboxylic acid groups (broad SMARTS) is 1. The number of likely N-dealkylation sites (tertiary alicyclic amines) is 1. The molecule has 2 rings (SSSR count). The van der Waals surface area contributed by atoms with E-state index in [1.54, 1.807) is 16.7 Å². The summed E-state index contributed by atoms with van der Waals surface area (Å²) in [6, 6.07) is -0.117. The fourth-order valence-corrected chi connectivity index (χ4v) is 3.38. The molecule has 1 atom stereocenters. The molecule has 1 unspecified atom stereocenters. The Hall–Kier alpha value is -0.950. The third kappa shape index (κ3) is 2.67. The van der Waals surface area contributed by atoms with E-state index in [-0.39, 0.29) is 17.6 Å². The molecule has 2 amide bonds. The van der Waals surface area contributed by atoms with Crippen molar-refractivity contribution >= 4 is 23.8 Å². The van der Waals surface area contributed by atoms with Crippen molar-refractivity contribution in [3.05, 3.63) is 0 Å². The number of likely N-dealkylation sites (N-methyl/N-ethyl adjacent to an activating group) is 1. The predicted molar refractivity (Wildman–Crippen MR) is 74.3 cm³/mol. The van der Waals surface area contributed by atoms with Gasteiger partial charge in [-0.25, -0.2) is 4.79 Å². The molecular formula is C12H21N3O3S. The summed E-state index contributed by atoms with van der Waals surface area (Å²) in [6.45, 7) is 0.963. The van der Waals surface area contributed by atoms with Gasteiger partial charge in [0.05, 0.1) is 11.7 Å². The highest BCUT2D eigenvalue weighted by atomic mass is 32.2. The van der Waals surface area contributed by atoms with Gasteiger partial charge >= 0.3 is 6.09 Å².